The molecule has 0 radical (unpaired) electrons. The number of amides is 1. The van der Waals surface area contributed by atoms with Crippen molar-refractivity contribution in [2.24, 2.45) is 5.10 Å². The van der Waals surface area contributed by atoms with Crippen LogP contribution in [0.25, 0.3) is 11.3 Å². The minimum atomic E-state index is -0.206. The first-order chi connectivity index (χ1) is 14.1. The van der Waals surface area contributed by atoms with Crippen LogP contribution in [0.3, 0.4) is 0 Å². The number of hydrazone groups is 1. The van der Waals surface area contributed by atoms with Crippen LogP contribution in [0.15, 0.2) is 61.8 Å². The molecule has 3 rings (SSSR count). The van der Waals surface area contributed by atoms with Crippen molar-refractivity contribution in [2.75, 3.05) is 20.0 Å². The minimum Gasteiger partial charge on any atom is -0.493 e. The SMILES string of the molecule is COc1cc(/C=N/NC(=O)CSc2nc(-c3ccccc3)cs2)cc(Br)c1OC. The van der Waals surface area contributed by atoms with E-state index in [-0.39, 0.29) is 11.7 Å². The van der Waals surface area contributed by atoms with Crippen LogP contribution in [0, 0.1) is 0 Å². The molecule has 1 heterocycles. The number of nitrogens with zero attached hydrogens (tertiary/aromatic N) is 2. The van der Waals surface area contributed by atoms with E-state index in [0.717, 1.165) is 25.6 Å². The van der Waals surface area contributed by atoms with Crippen LogP contribution in [-0.2, 0) is 4.79 Å². The quantitative estimate of drug-likeness (QED) is 0.277. The molecule has 29 heavy (non-hydrogen) atoms. The van der Waals surface area contributed by atoms with Gasteiger partial charge in [0.05, 0.1) is 36.4 Å². The molecule has 0 saturated carbocycles. The van der Waals surface area contributed by atoms with Crippen LogP contribution in [0.5, 0.6) is 11.5 Å². The van der Waals surface area contributed by atoms with E-state index < -0.39 is 0 Å². The van der Waals surface area contributed by atoms with Gasteiger partial charge in [0.25, 0.3) is 5.91 Å². The van der Waals surface area contributed by atoms with Gasteiger partial charge in [-0.2, -0.15) is 5.10 Å². The highest BCUT2D eigenvalue weighted by atomic mass is 79.9. The van der Waals surface area contributed by atoms with Gasteiger partial charge in [-0.25, -0.2) is 10.4 Å². The highest BCUT2D eigenvalue weighted by Crippen LogP contribution is 2.35. The third-order valence-corrected chi connectivity index (χ3v) is 6.35. The Balaban J connectivity index is 1.53. The number of aromatic nitrogens is 1. The first-order valence-electron chi connectivity index (χ1n) is 8.48. The van der Waals surface area contributed by atoms with E-state index in [0.29, 0.717) is 11.5 Å². The number of halogens is 1. The molecule has 150 valence electrons. The van der Waals surface area contributed by atoms with Gasteiger partial charge >= 0.3 is 0 Å². The molecule has 0 spiro atoms. The number of hydrogen-bond acceptors (Lipinski definition) is 7. The molecule has 1 amide bonds. The normalized spacial score (nSPS) is 10.9. The lowest BCUT2D eigenvalue weighted by Gasteiger charge is -2.10. The molecule has 0 atom stereocenters. The molecular formula is C20H18BrN3O3S2. The first-order valence-corrected chi connectivity index (χ1v) is 11.1. The number of methoxy groups -OCH3 is 2. The average Bonchev–Trinajstić information content (AvgIpc) is 3.21. The first kappa shape index (κ1) is 21.4. The van der Waals surface area contributed by atoms with Crippen molar-refractivity contribution in [3.8, 4) is 22.8 Å². The zero-order valence-corrected chi connectivity index (χ0v) is 18.9. The maximum atomic E-state index is 12.1. The number of carbonyl (C=O) groups excluding carboxylic acids is 1. The predicted octanol–water partition coefficient (Wildman–Crippen LogP) is 4.83. The number of rotatable bonds is 8. The Morgan fingerprint density at radius 3 is 2.79 bits per heavy atom. The summed E-state index contributed by atoms with van der Waals surface area (Å²) < 4.78 is 12.1. The summed E-state index contributed by atoms with van der Waals surface area (Å²) in [6.45, 7) is 0. The molecule has 1 N–H and O–H groups in total. The van der Waals surface area contributed by atoms with E-state index in [1.807, 2.05) is 41.8 Å². The van der Waals surface area contributed by atoms with Crippen LogP contribution in [0.1, 0.15) is 5.56 Å². The lowest BCUT2D eigenvalue weighted by Crippen LogP contribution is -2.19. The van der Waals surface area contributed by atoms with Crippen LogP contribution < -0.4 is 14.9 Å². The van der Waals surface area contributed by atoms with Crippen molar-refractivity contribution < 1.29 is 14.3 Å². The highest BCUT2D eigenvalue weighted by molar-refractivity contribution is 9.10. The zero-order chi connectivity index (χ0) is 20.6. The summed E-state index contributed by atoms with van der Waals surface area (Å²) in [6.07, 6.45) is 1.55. The van der Waals surface area contributed by atoms with Gasteiger partial charge in [-0.05, 0) is 33.6 Å². The van der Waals surface area contributed by atoms with Crippen molar-refractivity contribution in [3.63, 3.8) is 0 Å². The molecule has 9 heteroatoms. The van der Waals surface area contributed by atoms with Crippen LogP contribution in [0.4, 0.5) is 0 Å². The number of ether oxygens (including phenoxy) is 2. The highest BCUT2D eigenvalue weighted by Gasteiger charge is 2.10. The van der Waals surface area contributed by atoms with Crippen molar-refractivity contribution in [3.05, 3.63) is 57.9 Å². The summed E-state index contributed by atoms with van der Waals surface area (Å²) in [4.78, 5) is 16.6. The number of thioether (sulfide) groups is 1. The van der Waals surface area contributed by atoms with E-state index in [2.05, 4.69) is 31.4 Å². The second kappa shape index (κ2) is 10.4. The maximum absolute atomic E-state index is 12.1. The Labute approximate surface area is 185 Å². The molecule has 0 fully saturated rings. The van der Waals surface area contributed by atoms with Crippen LogP contribution >= 0.6 is 39.0 Å². The predicted molar refractivity (Wildman–Crippen MR) is 121 cm³/mol. The molecule has 2 aromatic carbocycles. The van der Waals surface area contributed by atoms with Gasteiger partial charge < -0.3 is 9.47 Å². The van der Waals surface area contributed by atoms with Gasteiger partial charge in [-0.15, -0.1) is 11.3 Å². The Kier molecular flexibility index (Phi) is 7.68. The molecule has 0 bridgehead atoms. The van der Waals surface area contributed by atoms with E-state index in [4.69, 9.17) is 9.47 Å². The molecular weight excluding hydrogens is 474 g/mol. The van der Waals surface area contributed by atoms with Gasteiger partial charge in [-0.1, -0.05) is 42.1 Å². The Hall–Kier alpha value is -2.36. The topological polar surface area (TPSA) is 72.8 Å². The number of carbonyl (C=O) groups is 1. The van der Waals surface area contributed by atoms with E-state index in [1.165, 1.54) is 23.1 Å². The fourth-order valence-corrected chi connectivity index (χ4v) is 4.67. The molecule has 0 aliphatic rings. The smallest absolute Gasteiger partial charge is 0.250 e. The largest absolute Gasteiger partial charge is 0.493 e. The Bertz CT molecular complexity index is 1010. The summed E-state index contributed by atoms with van der Waals surface area (Å²) in [5.74, 6) is 1.20. The zero-order valence-electron chi connectivity index (χ0n) is 15.7. The number of nitrogens with one attached hydrogen (secondary N) is 1. The Morgan fingerprint density at radius 1 is 1.28 bits per heavy atom. The van der Waals surface area contributed by atoms with Gasteiger partial charge in [0.15, 0.2) is 15.8 Å². The molecule has 3 aromatic rings. The Morgan fingerprint density at radius 2 is 2.07 bits per heavy atom. The number of hydrogen-bond donors (Lipinski definition) is 1. The molecule has 1 aromatic heterocycles. The lowest BCUT2D eigenvalue weighted by molar-refractivity contribution is -0.118. The third-order valence-electron chi connectivity index (χ3n) is 3.74. The van der Waals surface area contributed by atoms with Gasteiger partial charge in [-0.3, -0.25) is 4.79 Å². The number of thiazole rings is 1. The van der Waals surface area contributed by atoms with Gasteiger partial charge in [0, 0.05) is 10.9 Å². The summed E-state index contributed by atoms with van der Waals surface area (Å²) in [6, 6.07) is 13.5. The minimum absolute atomic E-state index is 0.206. The molecule has 0 saturated heterocycles. The van der Waals surface area contributed by atoms with Gasteiger partial charge in [0.2, 0.25) is 0 Å². The molecule has 0 unspecified atom stereocenters. The van der Waals surface area contributed by atoms with E-state index >= 15 is 0 Å². The second-order valence-corrected chi connectivity index (χ2v) is 8.62. The second-order valence-electron chi connectivity index (χ2n) is 5.68. The molecule has 6 nitrogen and oxygen atoms in total. The maximum Gasteiger partial charge on any atom is 0.250 e. The van der Waals surface area contributed by atoms with Crippen LogP contribution in [0.2, 0.25) is 0 Å². The fourth-order valence-electron chi connectivity index (χ4n) is 2.42. The summed E-state index contributed by atoms with van der Waals surface area (Å²) in [7, 11) is 3.13. The van der Waals surface area contributed by atoms with Gasteiger partial charge in [0.1, 0.15) is 0 Å². The van der Waals surface area contributed by atoms with Crippen LogP contribution in [-0.4, -0.2) is 37.1 Å². The number of benzene rings is 2. The average molecular weight is 492 g/mol. The molecule has 0 aliphatic carbocycles. The van der Waals surface area contributed by atoms with E-state index in [9.17, 15) is 4.79 Å². The third kappa shape index (κ3) is 5.81. The summed E-state index contributed by atoms with van der Waals surface area (Å²) in [5, 5.41) is 6.00. The summed E-state index contributed by atoms with van der Waals surface area (Å²) >= 11 is 6.33. The fraction of sp³-hybridized carbons (Fsp3) is 0.150. The van der Waals surface area contributed by atoms with Crippen molar-refractivity contribution in [1.82, 2.24) is 10.4 Å². The van der Waals surface area contributed by atoms with Crippen molar-refractivity contribution in [2.45, 2.75) is 4.34 Å². The summed E-state index contributed by atoms with van der Waals surface area (Å²) in [5.41, 5.74) is 5.26. The molecule has 0 aliphatic heterocycles. The van der Waals surface area contributed by atoms with Crippen molar-refractivity contribution >= 4 is 51.2 Å². The van der Waals surface area contributed by atoms with E-state index in [1.54, 1.807) is 26.5 Å². The standard InChI is InChI=1S/C20H18BrN3O3S2/c1-26-17-9-13(8-15(21)19(17)27-2)10-22-24-18(25)12-29-20-23-16(11-28-20)14-6-4-3-5-7-14/h3-11H,12H2,1-2H3,(H,24,25)/b22-10+. The monoisotopic (exact) mass is 491 g/mol. The van der Waals surface area contributed by atoms with Crippen molar-refractivity contribution in [1.29, 1.82) is 0 Å². The lowest BCUT2D eigenvalue weighted by atomic mass is 10.2.